The van der Waals surface area contributed by atoms with Crippen LogP contribution < -0.4 is 0 Å². The zero-order valence-corrected chi connectivity index (χ0v) is 23.8. The van der Waals surface area contributed by atoms with Crippen molar-refractivity contribution in [3.8, 4) is 11.4 Å². The SMILES string of the molecule is CC(C)c1nnc(C(C)Cc2cccc3c(C(C)C)n(-c4ccccc4)c(C(C)C)c23)n1-c1ccccc1. The fourth-order valence-corrected chi connectivity index (χ4v) is 5.88. The summed E-state index contributed by atoms with van der Waals surface area (Å²) in [6, 6.07) is 28.2. The highest BCUT2D eigenvalue weighted by Gasteiger charge is 2.26. The molecule has 0 saturated heterocycles. The van der Waals surface area contributed by atoms with Crippen molar-refractivity contribution in [1.82, 2.24) is 19.3 Å². The van der Waals surface area contributed by atoms with Gasteiger partial charge < -0.3 is 4.57 Å². The molecular weight excluding hydrogens is 464 g/mol. The van der Waals surface area contributed by atoms with E-state index in [0.717, 1.165) is 23.8 Å². The van der Waals surface area contributed by atoms with Crippen molar-refractivity contribution in [3.05, 3.63) is 107 Å². The Morgan fingerprint density at radius 3 is 1.66 bits per heavy atom. The molecule has 38 heavy (non-hydrogen) atoms. The zero-order valence-electron chi connectivity index (χ0n) is 23.8. The van der Waals surface area contributed by atoms with Gasteiger partial charge in [0.2, 0.25) is 0 Å². The molecule has 2 heterocycles. The maximum atomic E-state index is 4.75. The number of para-hydroxylation sites is 2. The highest BCUT2D eigenvalue weighted by Crippen LogP contribution is 2.40. The van der Waals surface area contributed by atoms with Gasteiger partial charge in [0.05, 0.1) is 0 Å². The topological polar surface area (TPSA) is 35.6 Å². The van der Waals surface area contributed by atoms with Gasteiger partial charge in [-0.1, -0.05) is 103 Å². The van der Waals surface area contributed by atoms with E-state index in [1.165, 1.54) is 33.4 Å². The van der Waals surface area contributed by atoms with Crippen molar-refractivity contribution in [2.45, 2.75) is 78.6 Å². The van der Waals surface area contributed by atoms with Gasteiger partial charge in [-0.15, -0.1) is 10.2 Å². The minimum absolute atomic E-state index is 0.198. The van der Waals surface area contributed by atoms with E-state index in [-0.39, 0.29) is 11.8 Å². The second-order valence-electron chi connectivity index (χ2n) is 11.4. The molecule has 5 aromatic rings. The predicted molar refractivity (Wildman–Crippen MR) is 159 cm³/mol. The number of nitrogens with zero attached hydrogens (tertiary/aromatic N) is 4. The minimum atomic E-state index is 0.198. The molecular formula is C34H40N4. The summed E-state index contributed by atoms with van der Waals surface area (Å²) in [4.78, 5) is 0. The van der Waals surface area contributed by atoms with Crippen LogP contribution in [0, 0.1) is 0 Å². The first-order valence-corrected chi connectivity index (χ1v) is 14.0. The van der Waals surface area contributed by atoms with Gasteiger partial charge in [-0.05, 0) is 48.1 Å². The number of benzene rings is 3. The van der Waals surface area contributed by atoms with Crippen molar-refractivity contribution < 1.29 is 0 Å². The molecule has 1 atom stereocenters. The first kappa shape index (κ1) is 26.0. The molecule has 0 aliphatic rings. The first-order valence-electron chi connectivity index (χ1n) is 14.0. The first-order chi connectivity index (χ1) is 18.3. The maximum Gasteiger partial charge on any atom is 0.140 e. The summed E-state index contributed by atoms with van der Waals surface area (Å²) in [5, 5.41) is 12.2. The fraction of sp³-hybridized carbons (Fsp3) is 0.353. The molecule has 0 radical (unpaired) electrons. The van der Waals surface area contributed by atoms with Gasteiger partial charge >= 0.3 is 0 Å². The standard InChI is InChI=1S/C34H40N4/c1-22(2)31-29-20-14-15-26(30(29)32(23(3)4)37(31)27-16-10-8-11-17-27)21-25(7)34-36-35-33(24(5)6)38(34)28-18-12-9-13-19-28/h8-20,22-25H,21H2,1-7H3. The lowest BCUT2D eigenvalue weighted by Crippen LogP contribution is -2.11. The molecule has 0 N–H and O–H groups in total. The highest BCUT2D eigenvalue weighted by atomic mass is 15.3. The van der Waals surface area contributed by atoms with Crippen LogP contribution >= 0.6 is 0 Å². The largest absolute Gasteiger partial charge is 0.316 e. The molecule has 0 spiro atoms. The van der Waals surface area contributed by atoms with Gasteiger partial charge in [0.1, 0.15) is 11.6 Å². The van der Waals surface area contributed by atoms with Crippen molar-refractivity contribution in [2.75, 3.05) is 0 Å². The Balaban J connectivity index is 1.68. The highest BCUT2D eigenvalue weighted by molar-refractivity contribution is 5.93. The van der Waals surface area contributed by atoms with E-state index in [1.54, 1.807) is 0 Å². The van der Waals surface area contributed by atoms with Crippen LogP contribution in [-0.2, 0) is 6.42 Å². The van der Waals surface area contributed by atoms with E-state index in [2.05, 4.69) is 142 Å². The van der Waals surface area contributed by atoms with E-state index in [9.17, 15) is 0 Å². The molecule has 0 aliphatic carbocycles. The number of aromatic nitrogens is 4. The summed E-state index contributed by atoms with van der Waals surface area (Å²) < 4.78 is 4.80. The summed E-state index contributed by atoms with van der Waals surface area (Å²) in [6.07, 6.45) is 0.899. The smallest absolute Gasteiger partial charge is 0.140 e. The second-order valence-corrected chi connectivity index (χ2v) is 11.4. The Hall–Kier alpha value is -3.66. The molecule has 0 fully saturated rings. The average Bonchev–Trinajstić information content (AvgIpc) is 3.51. The Labute approximate surface area is 227 Å². The lowest BCUT2D eigenvalue weighted by atomic mass is 9.92. The molecule has 4 heteroatoms. The predicted octanol–water partition coefficient (Wildman–Crippen LogP) is 8.93. The lowest BCUT2D eigenvalue weighted by Gasteiger charge is -2.19. The molecule has 0 saturated carbocycles. The van der Waals surface area contributed by atoms with Crippen LogP contribution in [0.4, 0.5) is 0 Å². The van der Waals surface area contributed by atoms with Crippen LogP contribution in [0.25, 0.3) is 22.1 Å². The molecule has 0 bridgehead atoms. The van der Waals surface area contributed by atoms with Gasteiger partial charge in [0.15, 0.2) is 0 Å². The van der Waals surface area contributed by atoms with Crippen molar-refractivity contribution >= 4 is 10.8 Å². The third-order valence-electron chi connectivity index (χ3n) is 7.48. The van der Waals surface area contributed by atoms with E-state index in [1.807, 2.05) is 0 Å². The lowest BCUT2D eigenvalue weighted by molar-refractivity contribution is 0.666. The van der Waals surface area contributed by atoms with E-state index in [4.69, 9.17) is 5.10 Å². The van der Waals surface area contributed by atoms with E-state index in [0.29, 0.717) is 11.8 Å². The summed E-state index contributed by atoms with van der Waals surface area (Å²) >= 11 is 0. The van der Waals surface area contributed by atoms with Crippen LogP contribution in [-0.4, -0.2) is 19.3 Å². The minimum Gasteiger partial charge on any atom is -0.316 e. The quantitative estimate of drug-likeness (QED) is 0.211. The molecule has 196 valence electrons. The van der Waals surface area contributed by atoms with E-state index >= 15 is 0 Å². The third kappa shape index (κ3) is 4.57. The summed E-state index contributed by atoms with van der Waals surface area (Å²) in [6.45, 7) is 15.9. The molecule has 0 aliphatic heterocycles. The average molecular weight is 505 g/mol. The monoisotopic (exact) mass is 504 g/mol. The van der Waals surface area contributed by atoms with Crippen molar-refractivity contribution in [2.24, 2.45) is 0 Å². The molecule has 2 aromatic heterocycles. The maximum absolute atomic E-state index is 4.75. The second kappa shape index (κ2) is 10.6. The van der Waals surface area contributed by atoms with Gasteiger partial charge in [0.25, 0.3) is 0 Å². The number of hydrogen-bond acceptors (Lipinski definition) is 2. The number of rotatable bonds is 8. The molecule has 5 rings (SSSR count). The molecule has 3 aromatic carbocycles. The van der Waals surface area contributed by atoms with Gasteiger partial charge in [-0.2, -0.15) is 0 Å². The van der Waals surface area contributed by atoms with Crippen molar-refractivity contribution in [3.63, 3.8) is 0 Å². The third-order valence-corrected chi connectivity index (χ3v) is 7.48. The van der Waals surface area contributed by atoms with Crippen molar-refractivity contribution in [1.29, 1.82) is 0 Å². The molecule has 4 nitrogen and oxygen atoms in total. The summed E-state index contributed by atoms with van der Waals surface area (Å²) in [5.74, 6) is 3.29. The van der Waals surface area contributed by atoms with E-state index < -0.39 is 0 Å². The Bertz CT molecular complexity index is 1520. The Morgan fingerprint density at radius 1 is 0.553 bits per heavy atom. The Morgan fingerprint density at radius 2 is 1.11 bits per heavy atom. The summed E-state index contributed by atoms with van der Waals surface area (Å²) in [7, 11) is 0. The van der Waals surface area contributed by atoms with Crippen LogP contribution in [0.3, 0.4) is 0 Å². The fourth-order valence-electron chi connectivity index (χ4n) is 5.88. The van der Waals surface area contributed by atoms with Crippen LogP contribution in [0.5, 0.6) is 0 Å². The molecule has 1 unspecified atom stereocenters. The normalized spacial score (nSPS) is 12.8. The summed E-state index contributed by atoms with van der Waals surface area (Å²) in [5.41, 5.74) is 6.52. The van der Waals surface area contributed by atoms with Crippen LogP contribution in [0.1, 0.15) is 101 Å². The van der Waals surface area contributed by atoms with Crippen LogP contribution in [0.2, 0.25) is 0 Å². The molecule has 0 amide bonds. The zero-order chi connectivity index (χ0) is 27.0. The van der Waals surface area contributed by atoms with Gasteiger partial charge in [-0.25, -0.2) is 0 Å². The van der Waals surface area contributed by atoms with Gasteiger partial charge in [0, 0.05) is 45.4 Å². The number of hydrogen-bond donors (Lipinski definition) is 0. The Kier molecular flexibility index (Phi) is 7.25. The number of fused-ring (bicyclic) bond motifs is 1. The van der Waals surface area contributed by atoms with Gasteiger partial charge in [-0.3, -0.25) is 4.57 Å². The van der Waals surface area contributed by atoms with Crippen LogP contribution in [0.15, 0.2) is 78.9 Å².